The number of fused-ring (bicyclic) bond motifs is 1. The van der Waals surface area contributed by atoms with E-state index in [2.05, 4.69) is 29.2 Å². The molecule has 1 saturated heterocycles. The Labute approximate surface area is 133 Å². The Morgan fingerprint density at radius 2 is 1.86 bits per heavy atom. The molecular weight excluding hydrogens is 300 g/mol. The molecule has 0 aliphatic carbocycles. The van der Waals surface area contributed by atoms with Crippen LogP contribution in [0.1, 0.15) is 12.8 Å². The van der Waals surface area contributed by atoms with Crippen LogP contribution in [0.25, 0.3) is 20.8 Å². The number of hydrogen-bond acceptors (Lipinski definition) is 3. The molecule has 2 aromatic carbocycles. The van der Waals surface area contributed by atoms with E-state index in [1.165, 1.54) is 23.2 Å². The Morgan fingerprint density at radius 1 is 1.05 bits per heavy atom. The third-order valence-corrected chi connectivity index (χ3v) is 5.33. The van der Waals surface area contributed by atoms with Crippen molar-refractivity contribution in [3.05, 3.63) is 47.5 Å². The van der Waals surface area contributed by atoms with Crippen molar-refractivity contribution in [3.8, 4) is 10.6 Å². The predicted octanol–water partition coefficient (Wildman–Crippen LogP) is 5.22. The van der Waals surface area contributed by atoms with E-state index in [9.17, 15) is 0 Å². The first-order chi connectivity index (χ1) is 10.3. The van der Waals surface area contributed by atoms with Crippen molar-refractivity contribution in [2.24, 2.45) is 0 Å². The second kappa shape index (κ2) is 5.32. The second-order valence-corrected chi connectivity index (χ2v) is 6.78. The highest BCUT2D eigenvalue weighted by Crippen LogP contribution is 2.36. The highest BCUT2D eigenvalue weighted by molar-refractivity contribution is 7.21. The van der Waals surface area contributed by atoms with Crippen LogP contribution < -0.4 is 4.90 Å². The molecule has 1 aliphatic rings. The van der Waals surface area contributed by atoms with Gasteiger partial charge in [0.15, 0.2) is 0 Å². The zero-order chi connectivity index (χ0) is 14.2. The summed E-state index contributed by atoms with van der Waals surface area (Å²) in [6.45, 7) is 2.27. The second-order valence-electron chi connectivity index (χ2n) is 5.35. The van der Waals surface area contributed by atoms with Crippen LogP contribution in [0.3, 0.4) is 0 Å². The summed E-state index contributed by atoms with van der Waals surface area (Å²) >= 11 is 8.20. The van der Waals surface area contributed by atoms with E-state index in [1.54, 1.807) is 11.3 Å². The number of rotatable bonds is 2. The molecule has 0 unspecified atom stereocenters. The lowest BCUT2D eigenvalue weighted by Gasteiger charge is -2.18. The van der Waals surface area contributed by atoms with Gasteiger partial charge in [-0.25, -0.2) is 4.98 Å². The molecule has 2 heterocycles. The minimum Gasteiger partial charge on any atom is -0.371 e. The van der Waals surface area contributed by atoms with E-state index < -0.39 is 0 Å². The van der Waals surface area contributed by atoms with Crippen LogP contribution in [-0.4, -0.2) is 18.1 Å². The molecule has 0 amide bonds. The predicted molar refractivity (Wildman–Crippen MR) is 91.5 cm³/mol. The molecule has 0 atom stereocenters. The molecule has 4 heteroatoms. The van der Waals surface area contributed by atoms with Gasteiger partial charge < -0.3 is 4.90 Å². The van der Waals surface area contributed by atoms with Gasteiger partial charge in [0.2, 0.25) is 0 Å². The number of nitrogens with zero attached hydrogens (tertiary/aromatic N) is 2. The first kappa shape index (κ1) is 13.1. The summed E-state index contributed by atoms with van der Waals surface area (Å²) < 4.78 is 1.20. The zero-order valence-corrected chi connectivity index (χ0v) is 13.1. The number of benzene rings is 2. The lowest BCUT2D eigenvalue weighted by atomic mass is 10.2. The fraction of sp³-hybridized carbons (Fsp3) is 0.235. The van der Waals surface area contributed by atoms with Crippen LogP contribution in [0.2, 0.25) is 5.02 Å². The smallest absolute Gasteiger partial charge is 0.126 e. The SMILES string of the molecule is Clc1cc(N2CCCC2)ccc1-c1nc2ccccc2s1. The third-order valence-electron chi connectivity index (χ3n) is 3.95. The fourth-order valence-corrected chi connectivity index (χ4v) is 4.16. The van der Waals surface area contributed by atoms with Gasteiger partial charge in [-0.05, 0) is 43.2 Å². The highest BCUT2D eigenvalue weighted by atomic mass is 35.5. The van der Waals surface area contributed by atoms with Crippen molar-refractivity contribution in [2.45, 2.75) is 12.8 Å². The van der Waals surface area contributed by atoms with Crippen molar-refractivity contribution in [3.63, 3.8) is 0 Å². The Kier molecular flexibility index (Phi) is 3.32. The maximum atomic E-state index is 6.51. The van der Waals surface area contributed by atoms with Crippen LogP contribution in [0.5, 0.6) is 0 Å². The number of thiazole rings is 1. The van der Waals surface area contributed by atoms with Crippen molar-refractivity contribution in [2.75, 3.05) is 18.0 Å². The minimum absolute atomic E-state index is 0.790. The summed E-state index contributed by atoms with van der Waals surface area (Å²) in [5.74, 6) is 0. The molecule has 21 heavy (non-hydrogen) atoms. The highest BCUT2D eigenvalue weighted by Gasteiger charge is 2.15. The Morgan fingerprint density at radius 3 is 2.62 bits per heavy atom. The Bertz CT molecular complexity index is 757. The van der Waals surface area contributed by atoms with Gasteiger partial charge in [-0.1, -0.05) is 23.7 Å². The molecule has 1 fully saturated rings. The van der Waals surface area contributed by atoms with Crippen molar-refractivity contribution < 1.29 is 0 Å². The summed E-state index contributed by atoms with van der Waals surface area (Å²) in [5, 5.41) is 1.78. The van der Waals surface area contributed by atoms with E-state index in [-0.39, 0.29) is 0 Å². The van der Waals surface area contributed by atoms with Gasteiger partial charge >= 0.3 is 0 Å². The molecule has 3 aromatic rings. The molecule has 2 nitrogen and oxygen atoms in total. The van der Waals surface area contributed by atoms with Gasteiger partial charge in [-0.3, -0.25) is 0 Å². The minimum atomic E-state index is 0.790. The summed E-state index contributed by atoms with van der Waals surface area (Å²) in [7, 11) is 0. The average Bonchev–Trinajstić information content (AvgIpc) is 3.16. The van der Waals surface area contributed by atoms with Gasteiger partial charge in [0, 0.05) is 24.3 Å². The van der Waals surface area contributed by atoms with Gasteiger partial charge in [-0.15, -0.1) is 11.3 Å². The number of anilines is 1. The molecule has 1 aliphatic heterocycles. The van der Waals surface area contributed by atoms with Gasteiger partial charge in [0.05, 0.1) is 15.2 Å². The van der Waals surface area contributed by atoms with Crippen LogP contribution in [0.15, 0.2) is 42.5 Å². The molecule has 4 rings (SSSR count). The van der Waals surface area contributed by atoms with E-state index in [4.69, 9.17) is 16.6 Å². The van der Waals surface area contributed by atoms with Gasteiger partial charge in [0.1, 0.15) is 5.01 Å². The molecule has 1 aromatic heterocycles. The lowest BCUT2D eigenvalue weighted by Crippen LogP contribution is -2.17. The monoisotopic (exact) mass is 314 g/mol. The first-order valence-corrected chi connectivity index (χ1v) is 8.41. The van der Waals surface area contributed by atoms with Gasteiger partial charge in [-0.2, -0.15) is 0 Å². The topological polar surface area (TPSA) is 16.1 Å². The molecule has 0 N–H and O–H groups in total. The standard InChI is InChI=1S/C17H15ClN2S/c18-14-11-12(20-9-3-4-10-20)7-8-13(14)17-19-15-5-1-2-6-16(15)21-17/h1-2,5-8,11H,3-4,9-10H2. The number of hydrogen-bond donors (Lipinski definition) is 0. The van der Waals surface area contributed by atoms with Crippen molar-refractivity contribution >= 4 is 38.8 Å². The van der Waals surface area contributed by atoms with Gasteiger partial charge in [0.25, 0.3) is 0 Å². The summed E-state index contributed by atoms with van der Waals surface area (Å²) in [6, 6.07) is 14.6. The first-order valence-electron chi connectivity index (χ1n) is 7.22. The molecule has 0 spiro atoms. The van der Waals surface area contributed by atoms with Crippen LogP contribution in [0.4, 0.5) is 5.69 Å². The van der Waals surface area contributed by atoms with E-state index in [0.29, 0.717) is 0 Å². The zero-order valence-electron chi connectivity index (χ0n) is 11.6. The quantitative estimate of drug-likeness (QED) is 0.645. The fourth-order valence-electron chi connectivity index (χ4n) is 2.84. The Hall–Kier alpha value is -1.58. The lowest BCUT2D eigenvalue weighted by molar-refractivity contribution is 0.949. The largest absolute Gasteiger partial charge is 0.371 e. The molecule has 106 valence electrons. The molecule has 0 radical (unpaired) electrons. The van der Waals surface area contributed by atoms with E-state index >= 15 is 0 Å². The van der Waals surface area contributed by atoms with Crippen molar-refractivity contribution in [1.29, 1.82) is 0 Å². The van der Waals surface area contributed by atoms with Crippen LogP contribution in [-0.2, 0) is 0 Å². The summed E-state index contributed by atoms with van der Waals surface area (Å²) in [6.07, 6.45) is 2.55. The normalized spacial score (nSPS) is 15.0. The average molecular weight is 315 g/mol. The third kappa shape index (κ3) is 2.41. The maximum Gasteiger partial charge on any atom is 0.126 e. The van der Waals surface area contributed by atoms with Crippen LogP contribution >= 0.6 is 22.9 Å². The summed E-state index contributed by atoms with van der Waals surface area (Å²) in [5.41, 5.74) is 3.29. The van der Waals surface area contributed by atoms with Crippen LogP contribution in [0, 0.1) is 0 Å². The molecule has 0 bridgehead atoms. The summed E-state index contributed by atoms with van der Waals surface area (Å²) in [4.78, 5) is 7.09. The number of aromatic nitrogens is 1. The van der Waals surface area contributed by atoms with E-state index in [1.807, 2.05) is 18.2 Å². The Balaban J connectivity index is 1.74. The van der Waals surface area contributed by atoms with E-state index in [0.717, 1.165) is 34.2 Å². The maximum absolute atomic E-state index is 6.51. The number of para-hydroxylation sites is 1. The molecular formula is C17H15ClN2S. The number of halogens is 1. The van der Waals surface area contributed by atoms with Crippen molar-refractivity contribution in [1.82, 2.24) is 4.98 Å². The molecule has 0 saturated carbocycles.